The van der Waals surface area contributed by atoms with Crippen LogP contribution in [-0.4, -0.2) is 9.97 Å². The molecule has 0 aliphatic rings. The standard InChI is InChI=1S/C11H10BrN3O/c12-8-1-3-10(4-2-8)16-7-9-5-15-11(13)6-14-9/h1-6H,7H2,(H2,13,15). The molecule has 0 radical (unpaired) electrons. The van der Waals surface area contributed by atoms with Crippen molar-refractivity contribution in [2.24, 2.45) is 0 Å². The van der Waals surface area contributed by atoms with Gasteiger partial charge in [0.25, 0.3) is 0 Å². The third-order valence-corrected chi connectivity index (χ3v) is 2.45. The van der Waals surface area contributed by atoms with E-state index in [4.69, 9.17) is 10.5 Å². The van der Waals surface area contributed by atoms with Crippen molar-refractivity contribution in [3.05, 3.63) is 46.8 Å². The second-order valence-electron chi connectivity index (χ2n) is 3.18. The summed E-state index contributed by atoms with van der Waals surface area (Å²) in [6, 6.07) is 7.61. The Hall–Kier alpha value is -1.62. The number of nitrogens with two attached hydrogens (primary N) is 1. The molecule has 0 fully saturated rings. The van der Waals surface area contributed by atoms with Crippen LogP contribution in [-0.2, 0) is 6.61 Å². The highest BCUT2D eigenvalue weighted by atomic mass is 79.9. The van der Waals surface area contributed by atoms with E-state index in [0.717, 1.165) is 15.9 Å². The maximum Gasteiger partial charge on any atom is 0.141 e. The molecule has 0 aliphatic heterocycles. The monoisotopic (exact) mass is 279 g/mol. The minimum atomic E-state index is 0.384. The van der Waals surface area contributed by atoms with Crippen LogP contribution in [0.2, 0.25) is 0 Å². The average Bonchev–Trinajstić information content (AvgIpc) is 2.30. The van der Waals surface area contributed by atoms with Gasteiger partial charge in [0.1, 0.15) is 18.2 Å². The lowest BCUT2D eigenvalue weighted by Gasteiger charge is -2.05. The van der Waals surface area contributed by atoms with Gasteiger partial charge in [-0.1, -0.05) is 15.9 Å². The second-order valence-corrected chi connectivity index (χ2v) is 4.09. The van der Waals surface area contributed by atoms with E-state index in [1.807, 2.05) is 24.3 Å². The Balaban J connectivity index is 1.97. The van der Waals surface area contributed by atoms with Gasteiger partial charge in [0.05, 0.1) is 18.1 Å². The predicted molar refractivity (Wildman–Crippen MR) is 64.9 cm³/mol. The van der Waals surface area contributed by atoms with E-state index in [2.05, 4.69) is 25.9 Å². The molecule has 0 bridgehead atoms. The molecule has 82 valence electrons. The molecule has 0 unspecified atom stereocenters. The molecule has 1 aromatic carbocycles. The maximum absolute atomic E-state index is 5.52. The number of anilines is 1. The van der Waals surface area contributed by atoms with Gasteiger partial charge >= 0.3 is 0 Å². The molecule has 2 aromatic rings. The van der Waals surface area contributed by atoms with Crippen molar-refractivity contribution in [1.29, 1.82) is 0 Å². The van der Waals surface area contributed by atoms with Crippen molar-refractivity contribution >= 4 is 21.7 Å². The van der Waals surface area contributed by atoms with E-state index in [1.165, 1.54) is 6.20 Å². The average molecular weight is 280 g/mol. The fourth-order valence-corrected chi connectivity index (χ4v) is 1.39. The van der Waals surface area contributed by atoms with E-state index >= 15 is 0 Å². The summed E-state index contributed by atoms with van der Waals surface area (Å²) in [6.07, 6.45) is 3.12. The lowest BCUT2D eigenvalue weighted by molar-refractivity contribution is 0.301. The molecule has 5 heteroatoms. The van der Waals surface area contributed by atoms with Gasteiger partial charge in [-0.25, -0.2) is 4.98 Å². The number of benzene rings is 1. The summed E-state index contributed by atoms with van der Waals surface area (Å²) in [5, 5.41) is 0. The van der Waals surface area contributed by atoms with E-state index < -0.39 is 0 Å². The van der Waals surface area contributed by atoms with Gasteiger partial charge in [0.15, 0.2) is 0 Å². The van der Waals surface area contributed by atoms with Crippen LogP contribution in [0.5, 0.6) is 5.75 Å². The van der Waals surface area contributed by atoms with Crippen LogP contribution in [0.1, 0.15) is 5.69 Å². The quantitative estimate of drug-likeness (QED) is 0.937. The van der Waals surface area contributed by atoms with Gasteiger partial charge in [0.2, 0.25) is 0 Å². The predicted octanol–water partition coefficient (Wildman–Crippen LogP) is 2.40. The second kappa shape index (κ2) is 4.94. The van der Waals surface area contributed by atoms with Crippen molar-refractivity contribution in [3.8, 4) is 5.75 Å². The van der Waals surface area contributed by atoms with Crippen molar-refractivity contribution in [2.45, 2.75) is 6.61 Å². The first-order valence-electron chi connectivity index (χ1n) is 4.69. The minimum absolute atomic E-state index is 0.384. The zero-order chi connectivity index (χ0) is 11.4. The lowest BCUT2D eigenvalue weighted by Crippen LogP contribution is -2.00. The van der Waals surface area contributed by atoms with Gasteiger partial charge in [0, 0.05) is 4.47 Å². The van der Waals surface area contributed by atoms with E-state index in [1.54, 1.807) is 6.20 Å². The molecule has 2 N–H and O–H groups in total. The molecule has 0 spiro atoms. The lowest BCUT2D eigenvalue weighted by atomic mass is 10.3. The summed E-state index contributed by atoms with van der Waals surface area (Å²) < 4.78 is 6.54. The molecule has 0 atom stereocenters. The van der Waals surface area contributed by atoms with Crippen LogP contribution in [0, 0.1) is 0 Å². The minimum Gasteiger partial charge on any atom is -0.487 e. The number of halogens is 1. The Bertz CT molecular complexity index is 410. The molecule has 1 aromatic heterocycles. The molecular formula is C11H10BrN3O. The first-order chi connectivity index (χ1) is 7.74. The highest BCUT2D eigenvalue weighted by molar-refractivity contribution is 9.10. The Kier molecular flexibility index (Phi) is 3.36. The smallest absolute Gasteiger partial charge is 0.141 e. The summed E-state index contributed by atoms with van der Waals surface area (Å²) in [4.78, 5) is 8.02. The Morgan fingerprint density at radius 1 is 1.12 bits per heavy atom. The highest BCUT2D eigenvalue weighted by Crippen LogP contribution is 2.16. The largest absolute Gasteiger partial charge is 0.487 e. The molecule has 0 saturated carbocycles. The van der Waals surface area contributed by atoms with Crippen molar-refractivity contribution < 1.29 is 4.74 Å². The van der Waals surface area contributed by atoms with Crippen molar-refractivity contribution in [2.75, 3.05) is 5.73 Å². The normalized spacial score (nSPS) is 10.1. The maximum atomic E-state index is 5.52. The van der Waals surface area contributed by atoms with Crippen molar-refractivity contribution in [1.82, 2.24) is 9.97 Å². The molecule has 0 aliphatic carbocycles. The summed E-state index contributed by atoms with van der Waals surface area (Å²) in [6.45, 7) is 0.384. The molecule has 2 rings (SSSR count). The third kappa shape index (κ3) is 2.93. The fraction of sp³-hybridized carbons (Fsp3) is 0.0909. The first kappa shape index (κ1) is 10.9. The summed E-state index contributed by atoms with van der Waals surface area (Å²) in [5.41, 5.74) is 6.18. The van der Waals surface area contributed by atoms with Gasteiger partial charge < -0.3 is 10.5 Å². The van der Waals surface area contributed by atoms with Crippen LogP contribution in [0.25, 0.3) is 0 Å². The SMILES string of the molecule is Nc1cnc(COc2ccc(Br)cc2)cn1. The Morgan fingerprint density at radius 2 is 1.88 bits per heavy atom. The van der Waals surface area contributed by atoms with Gasteiger partial charge in [-0.3, -0.25) is 4.98 Å². The van der Waals surface area contributed by atoms with E-state index in [0.29, 0.717) is 12.4 Å². The summed E-state index contributed by atoms with van der Waals surface area (Å²) >= 11 is 3.36. The topological polar surface area (TPSA) is 61.0 Å². The summed E-state index contributed by atoms with van der Waals surface area (Å²) in [5.74, 6) is 1.20. The number of hydrogen-bond donors (Lipinski definition) is 1. The zero-order valence-corrected chi connectivity index (χ0v) is 10.0. The number of nitrogens with zero attached hydrogens (tertiary/aromatic N) is 2. The molecule has 1 heterocycles. The van der Waals surface area contributed by atoms with Crippen LogP contribution >= 0.6 is 15.9 Å². The Labute approximate surface area is 102 Å². The van der Waals surface area contributed by atoms with Crippen LogP contribution in [0.15, 0.2) is 41.1 Å². The zero-order valence-electron chi connectivity index (χ0n) is 8.43. The first-order valence-corrected chi connectivity index (χ1v) is 5.48. The summed E-state index contributed by atoms with van der Waals surface area (Å²) in [7, 11) is 0. The number of hydrogen-bond acceptors (Lipinski definition) is 4. The van der Waals surface area contributed by atoms with Gasteiger partial charge in [-0.05, 0) is 24.3 Å². The van der Waals surface area contributed by atoms with Crippen LogP contribution in [0.4, 0.5) is 5.82 Å². The fourth-order valence-electron chi connectivity index (χ4n) is 1.13. The van der Waals surface area contributed by atoms with Gasteiger partial charge in [-0.2, -0.15) is 0 Å². The van der Waals surface area contributed by atoms with Crippen molar-refractivity contribution in [3.63, 3.8) is 0 Å². The number of ether oxygens (including phenoxy) is 1. The number of nitrogen functional groups attached to an aromatic ring is 1. The molecular weight excluding hydrogens is 270 g/mol. The molecule has 16 heavy (non-hydrogen) atoms. The highest BCUT2D eigenvalue weighted by Gasteiger charge is 1.97. The van der Waals surface area contributed by atoms with E-state index in [9.17, 15) is 0 Å². The van der Waals surface area contributed by atoms with Gasteiger partial charge in [-0.15, -0.1) is 0 Å². The van der Waals surface area contributed by atoms with Crippen LogP contribution in [0.3, 0.4) is 0 Å². The Morgan fingerprint density at radius 3 is 2.50 bits per heavy atom. The van der Waals surface area contributed by atoms with E-state index in [-0.39, 0.29) is 0 Å². The van der Waals surface area contributed by atoms with Crippen LogP contribution < -0.4 is 10.5 Å². The number of rotatable bonds is 3. The molecule has 0 saturated heterocycles. The molecule has 4 nitrogen and oxygen atoms in total. The molecule has 0 amide bonds. The third-order valence-electron chi connectivity index (χ3n) is 1.93. The number of aromatic nitrogens is 2.